The first-order valence-corrected chi connectivity index (χ1v) is 5.06. The molecule has 3 nitrogen and oxygen atoms in total. The predicted octanol–water partition coefficient (Wildman–Crippen LogP) is 1.15. The van der Waals surface area contributed by atoms with Crippen molar-refractivity contribution < 1.29 is 4.79 Å². The number of amides is 1. The van der Waals surface area contributed by atoms with E-state index >= 15 is 0 Å². The average molecular weight is 186 g/mol. The molecule has 1 amide bonds. The van der Waals surface area contributed by atoms with E-state index in [2.05, 4.69) is 38.3 Å². The van der Waals surface area contributed by atoms with E-state index in [4.69, 9.17) is 0 Å². The van der Waals surface area contributed by atoms with Crippen LogP contribution in [0.1, 0.15) is 34.1 Å². The van der Waals surface area contributed by atoms with E-state index in [9.17, 15) is 4.79 Å². The van der Waals surface area contributed by atoms with Crippen LogP contribution in [0.15, 0.2) is 0 Å². The highest BCUT2D eigenvalue weighted by molar-refractivity contribution is 5.77. The van der Waals surface area contributed by atoms with Crippen LogP contribution < -0.4 is 10.6 Å². The van der Waals surface area contributed by atoms with Crippen LogP contribution in [0, 0.1) is 5.92 Å². The zero-order valence-corrected chi connectivity index (χ0v) is 9.18. The van der Waals surface area contributed by atoms with Crippen LogP contribution in [0.5, 0.6) is 0 Å². The molecule has 0 aromatic carbocycles. The van der Waals surface area contributed by atoms with E-state index in [0.717, 1.165) is 13.0 Å². The Morgan fingerprint density at radius 1 is 1.31 bits per heavy atom. The zero-order chi connectivity index (χ0) is 10.3. The molecule has 13 heavy (non-hydrogen) atoms. The largest absolute Gasteiger partial charge is 0.355 e. The summed E-state index contributed by atoms with van der Waals surface area (Å²) in [5.74, 6) is 0.613. The first-order valence-electron chi connectivity index (χ1n) is 5.06. The average Bonchev–Trinajstić information content (AvgIpc) is 2.10. The minimum Gasteiger partial charge on any atom is -0.355 e. The fraction of sp³-hybridized carbons (Fsp3) is 0.900. The molecular formula is C10H22N2O. The molecule has 0 saturated heterocycles. The Morgan fingerprint density at radius 3 is 2.38 bits per heavy atom. The standard InChI is InChI=1S/C10H22N2O/c1-5-9(4)11-7-10(13)12-6-8(2)3/h8-9,11H,5-7H2,1-4H3,(H,12,13). The van der Waals surface area contributed by atoms with Gasteiger partial charge in [-0.25, -0.2) is 0 Å². The molecule has 0 aliphatic rings. The summed E-state index contributed by atoms with van der Waals surface area (Å²) in [7, 11) is 0. The molecule has 78 valence electrons. The van der Waals surface area contributed by atoms with Gasteiger partial charge in [-0.2, -0.15) is 0 Å². The molecule has 0 heterocycles. The van der Waals surface area contributed by atoms with Crippen molar-refractivity contribution in [2.75, 3.05) is 13.1 Å². The summed E-state index contributed by atoms with van der Waals surface area (Å²) in [4.78, 5) is 11.2. The van der Waals surface area contributed by atoms with Crippen molar-refractivity contribution in [2.45, 2.75) is 40.2 Å². The van der Waals surface area contributed by atoms with Crippen molar-refractivity contribution in [3.8, 4) is 0 Å². The van der Waals surface area contributed by atoms with Gasteiger partial charge in [0.2, 0.25) is 5.91 Å². The molecule has 3 heteroatoms. The number of carbonyl (C=O) groups is 1. The quantitative estimate of drug-likeness (QED) is 0.653. The van der Waals surface area contributed by atoms with E-state index < -0.39 is 0 Å². The first kappa shape index (κ1) is 12.4. The van der Waals surface area contributed by atoms with Crippen molar-refractivity contribution in [1.29, 1.82) is 0 Å². The minimum atomic E-state index is 0.0917. The van der Waals surface area contributed by atoms with Crippen LogP contribution in [-0.4, -0.2) is 25.0 Å². The lowest BCUT2D eigenvalue weighted by atomic mass is 10.2. The third kappa shape index (κ3) is 7.78. The lowest BCUT2D eigenvalue weighted by Gasteiger charge is -2.12. The highest BCUT2D eigenvalue weighted by atomic mass is 16.1. The van der Waals surface area contributed by atoms with Gasteiger partial charge in [0.05, 0.1) is 6.54 Å². The van der Waals surface area contributed by atoms with Gasteiger partial charge in [0.25, 0.3) is 0 Å². The first-order chi connectivity index (χ1) is 6.06. The summed E-state index contributed by atoms with van der Waals surface area (Å²) < 4.78 is 0. The summed E-state index contributed by atoms with van der Waals surface area (Å²) in [6.07, 6.45) is 1.05. The Balaban J connectivity index is 3.40. The summed E-state index contributed by atoms with van der Waals surface area (Å²) in [5.41, 5.74) is 0. The highest BCUT2D eigenvalue weighted by Gasteiger charge is 2.03. The summed E-state index contributed by atoms with van der Waals surface area (Å²) >= 11 is 0. The van der Waals surface area contributed by atoms with Crippen LogP contribution in [0.4, 0.5) is 0 Å². The molecule has 0 aliphatic carbocycles. The molecule has 1 unspecified atom stereocenters. The predicted molar refractivity (Wildman–Crippen MR) is 55.6 cm³/mol. The van der Waals surface area contributed by atoms with Crippen molar-refractivity contribution in [2.24, 2.45) is 5.92 Å². The van der Waals surface area contributed by atoms with Crippen LogP contribution in [0.3, 0.4) is 0 Å². The van der Waals surface area contributed by atoms with Gasteiger partial charge < -0.3 is 10.6 Å². The zero-order valence-electron chi connectivity index (χ0n) is 9.18. The Labute approximate surface area is 81.3 Å². The Kier molecular flexibility index (Phi) is 6.59. The lowest BCUT2D eigenvalue weighted by Crippen LogP contribution is -2.38. The number of carbonyl (C=O) groups excluding carboxylic acids is 1. The fourth-order valence-electron chi connectivity index (χ4n) is 0.792. The highest BCUT2D eigenvalue weighted by Crippen LogP contribution is 1.88. The molecule has 2 N–H and O–H groups in total. The maximum Gasteiger partial charge on any atom is 0.233 e. The summed E-state index contributed by atoms with van der Waals surface area (Å²) in [6.45, 7) is 9.55. The van der Waals surface area contributed by atoms with Gasteiger partial charge in [0.15, 0.2) is 0 Å². The van der Waals surface area contributed by atoms with Crippen molar-refractivity contribution >= 4 is 5.91 Å². The molecule has 0 spiro atoms. The number of rotatable bonds is 6. The number of hydrogen-bond donors (Lipinski definition) is 2. The topological polar surface area (TPSA) is 41.1 Å². The van der Waals surface area contributed by atoms with Crippen LogP contribution in [0.2, 0.25) is 0 Å². The van der Waals surface area contributed by atoms with Crippen molar-refractivity contribution in [1.82, 2.24) is 10.6 Å². The van der Waals surface area contributed by atoms with Gasteiger partial charge in [0, 0.05) is 12.6 Å². The molecule has 0 aromatic rings. The maximum atomic E-state index is 11.2. The third-order valence-corrected chi connectivity index (χ3v) is 1.93. The second-order valence-corrected chi connectivity index (χ2v) is 3.89. The van der Waals surface area contributed by atoms with E-state index in [-0.39, 0.29) is 5.91 Å². The second-order valence-electron chi connectivity index (χ2n) is 3.89. The smallest absolute Gasteiger partial charge is 0.233 e. The third-order valence-electron chi connectivity index (χ3n) is 1.93. The van der Waals surface area contributed by atoms with Crippen LogP contribution in [-0.2, 0) is 4.79 Å². The molecule has 0 fully saturated rings. The Bertz CT molecular complexity index is 146. The summed E-state index contributed by atoms with van der Waals surface area (Å²) in [5, 5.41) is 6.00. The van der Waals surface area contributed by atoms with Crippen LogP contribution in [0.25, 0.3) is 0 Å². The van der Waals surface area contributed by atoms with Crippen LogP contribution >= 0.6 is 0 Å². The van der Waals surface area contributed by atoms with E-state index in [0.29, 0.717) is 18.5 Å². The SMILES string of the molecule is CCC(C)NCC(=O)NCC(C)C. The molecule has 0 bridgehead atoms. The van der Waals surface area contributed by atoms with Gasteiger partial charge in [0.1, 0.15) is 0 Å². The number of nitrogens with one attached hydrogen (secondary N) is 2. The number of hydrogen-bond acceptors (Lipinski definition) is 2. The van der Waals surface area contributed by atoms with E-state index in [1.54, 1.807) is 0 Å². The second kappa shape index (κ2) is 6.89. The Morgan fingerprint density at radius 2 is 1.92 bits per heavy atom. The maximum absolute atomic E-state index is 11.2. The summed E-state index contributed by atoms with van der Waals surface area (Å²) in [6, 6.07) is 0.421. The van der Waals surface area contributed by atoms with E-state index in [1.165, 1.54) is 0 Å². The monoisotopic (exact) mass is 186 g/mol. The lowest BCUT2D eigenvalue weighted by molar-refractivity contribution is -0.120. The molecule has 0 aliphatic heterocycles. The molecule has 1 atom stereocenters. The molecule has 0 radical (unpaired) electrons. The van der Waals surface area contributed by atoms with Crippen molar-refractivity contribution in [3.63, 3.8) is 0 Å². The van der Waals surface area contributed by atoms with Gasteiger partial charge in [-0.05, 0) is 19.3 Å². The minimum absolute atomic E-state index is 0.0917. The van der Waals surface area contributed by atoms with Gasteiger partial charge in [-0.3, -0.25) is 4.79 Å². The van der Waals surface area contributed by atoms with Gasteiger partial charge in [-0.1, -0.05) is 20.8 Å². The van der Waals surface area contributed by atoms with Gasteiger partial charge in [-0.15, -0.1) is 0 Å². The van der Waals surface area contributed by atoms with E-state index in [1.807, 2.05) is 0 Å². The molecular weight excluding hydrogens is 164 g/mol. The van der Waals surface area contributed by atoms with Crippen molar-refractivity contribution in [3.05, 3.63) is 0 Å². The fourth-order valence-corrected chi connectivity index (χ4v) is 0.792. The normalized spacial score (nSPS) is 13.0. The van der Waals surface area contributed by atoms with Gasteiger partial charge >= 0.3 is 0 Å². The Hall–Kier alpha value is -0.570. The molecule has 0 rings (SSSR count). The molecule has 0 aromatic heterocycles. The molecule has 0 saturated carbocycles.